The molecule has 0 amide bonds. The smallest absolute Gasteiger partial charge is 0.122 e. The molecule has 0 N–H and O–H groups in total. The highest BCUT2D eigenvalue weighted by atomic mass is 79.9. The Kier molecular flexibility index (Phi) is 7.04. The number of halogens is 1. The second kappa shape index (κ2) is 9.04. The highest BCUT2D eigenvalue weighted by molar-refractivity contribution is 9.09. The number of fused-ring (bicyclic) bond motifs is 1. The Morgan fingerprint density at radius 2 is 1.77 bits per heavy atom. The Hall–Kier alpha value is -1.22. The lowest BCUT2D eigenvalue weighted by atomic mass is 10.0. The fourth-order valence-corrected chi connectivity index (χ4v) is 2.98. The van der Waals surface area contributed by atoms with Gasteiger partial charge in [-0.2, -0.15) is 0 Å². The first-order valence-corrected chi connectivity index (χ1v) is 9.23. The van der Waals surface area contributed by atoms with Gasteiger partial charge in [-0.15, -0.1) is 0 Å². The molecule has 2 nitrogen and oxygen atoms in total. The van der Waals surface area contributed by atoms with Crippen LogP contribution in [0.25, 0.3) is 10.8 Å². The van der Waals surface area contributed by atoms with Crippen molar-refractivity contribution in [3.05, 3.63) is 35.9 Å². The Morgan fingerprint density at radius 3 is 2.55 bits per heavy atom. The summed E-state index contributed by atoms with van der Waals surface area (Å²) in [6.07, 6.45) is 4.87. The molecule has 2 aromatic rings. The summed E-state index contributed by atoms with van der Waals surface area (Å²) in [7, 11) is 0. The van der Waals surface area contributed by atoms with Crippen LogP contribution in [0.3, 0.4) is 0 Å². The summed E-state index contributed by atoms with van der Waals surface area (Å²) in [6, 6.07) is 10.5. The molecule has 0 unspecified atom stereocenters. The van der Waals surface area contributed by atoms with E-state index in [0.29, 0.717) is 6.61 Å². The molecule has 0 aromatic heterocycles. The second-order valence-corrected chi connectivity index (χ2v) is 6.25. The van der Waals surface area contributed by atoms with Gasteiger partial charge in [-0.1, -0.05) is 40.9 Å². The van der Waals surface area contributed by atoms with Crippen LogP contribution in [-0.2, 0) is 0 Å². The van der Waals surface area contributed by atoms with Crippen molar-refractivity contribution < 1.29 is 9.47 Å². The average molecular weight is 365 g/mol. The highest BCUT2D eigenvalue weighted by Crippen LogP contribution is 2.30. The van der Waals surface area contributed by atoms with Gasteiger partial charge in [0.2, 0.25) is 0 Å². The summed E-state index contributed by atoms with van der Waals surface area (Å²) in [5.41, 5.74) is 1.20. The maximum absolute atomic E-state index is 5.87. The predicted molar refractivity (Wildman–Crippen MR) is 97.6 cm³/mol. The minimum atomic E-state index is 0.697. The maximum Gasteiger partial charge on any atom is 0.122 e. The van der Waals surface area contributed by atoms with Gasteiger partial charge in [-0.25, -0.2) is 0 Å². The molecule has 2 rings (SSSR count). The number of rotatable bonds is 9. The normalized spacial score (nSPS) is 10.9. The molecular weight excluding hydrogens is 340 g/mol. The van der Waals surface area contributed by atoms with Crippen molar-refractivity contribution in [2.75, 3.05) is 18.5 Å². The summed E-state index contributed by atoms with van der Waals surface area (Å²) in [5, 5.41) is 3.54. The predicted octanol–water partition coefficient (Wildman–Crippen LogP) is 5.88. The molecule has 0 saturated carbocycles. The van der Waals surface area contributed by atoms with E-state index in [4.69, 9.17) is 9.47 Å². The Bertz CT molecular complexity index is 595. The van der Waals surface area contributed by atoms with E-state index in [1.807, 2.05) is 13.0 Å². The zero-order chi connectivity index (χ0) is 15.8. The molecule has 0 atom stereocenters. The molecule has 0 saturated heterocycles. The molecule has 0 radical (unpaired) electrons. The number of hydrogen-bond acceptors (Lipinski definition) is 2. The summed E-state index contributed by atoms with van der Waals surface area (Å²) < 4.78 is 11.5. The first-order valence-electron chi connectivity index (χ1n) is 8.11. The van der Waals surface area contributed by atoms with Crippen LogP contribution >= 0.6 is 15.9 Å². The standard InChI is InChI=1S/C19H25BrO2/c1-3-21-19-11-8-16-14-17(9-10-18(16)15(19)2)22-13-7-5-4-6-12-20/h8-11,14H,3-7,12-13H2,1-2H3. The number of ether oxygens (including phenoxy) is 2. The molecular formula is C19H25BrO2. The van der Waals surface area contributed by atoms with E-state index in [1.165, 1.54) is 35.6 Å². The fourth-order valence-electron chi connectivity index (χ4n) is 2.59. The molecule has 3 heteroatoms. The zero-order valence-corrected chi connectivity index (χ0v) is 15.1. The molecule has 120 valence electrons. The van der Waals surface area contributed by atoms with Crippen molar-refractivity contribution in [3.8, 4) is 11.5 Å². The van der Waals surface area contributed by atoms with E-state index in [2.05, 4.69) is 47.1 Å². The first kappa shape index (κ1) is 17.1. The topological polar surface area (TPSA) is 18.5 Å². The average Bonchev–Trinajstić information content (AvgIpc) is 2.53. The van der Waals surface area contributed by atoms with Gasteiger partial charge in [0.05, 0.1) is 13.2 Å². The van der Waals surface area contributed by atoms with Gasteiger partial charge in [-0.3, -0.25) is 0 Å². The lowest BCUT2D eigenvalue weighted by molar-refractivity contribution is 0.305. The minimum absolute atomic E-state index is 0.697. The largest absolute Gasteiger partial charge is 0.494 e. The SMILES string of the molecule is CCOc1ccc2cc(OCCCCCCBr)ccc2c1C. The summed E-state index contributed by atoms with van der Waals surface area (Å²) in [5.74, 6) is 1.92. The van der Waals surface area contributed by atoms with E-state index in [-0.39, 0.29) is 0 Å². The van der Waals surface area contributed by atoms with Crippen molar-refractivity contribution in [1.82, 2.24) is 0 Å². The van der Waals surface area contributed by atoms with Crippen molar-refractivity contribution >= 4 is 26.7 Å². The van der Waals surface area contributed by atoms with Crippen LogP contribution in [-0.4, -0.2) is 18.5 Å². The summed E-state index contributed by atoms with van der Waals surface area (Å²) in [4.78, 5) is 0. The lowest BCUT2D eigenvalue weighted by Gasteiger charge is -2.12. The van der Waals surface area contributed by atoms with Gasteiger partial charge >= 0.3 is 0 Å². The fraction of sp³-hybridized carbons (Fsp3) is 0.474. The Morgan fingerprint density at radius 1 is 0.955 bits per heavy atom. The van der Waals surface area contributed by atoms with E-state index in [0.717, 1.165) is 29.9 Å². The highest BCUT2D eigenvalue weighted by Gasteiger charge is 2.05. The molecule has 0 heterocycles. The number of aryl methyl sites for hydroxylation is 1. The quantitative estimate of drug-likeness (QED) is 0.408. The zero-order valence-electron chi connectivity index (χ0n) is 13.5. The lowest BCUT2D eigenvalue weighted by Crippen LogP contribution is -1.98. The van der Waals surface area contributed by atoms with Crippen molar-refractivity contribution in [2.45, 2.75) is 39.5 Å². The van der Waals surface area contributed by atoms with Crippen LogP contribution in [0.1, 0.15) is 38.2 Å². The van der Waals surface area contributed by atoms with E-state index in [1.54, 1.807) is 0 Å². The van der Waals surface area contributed by atoms with E-state index >= 15 is 0 Å². The first-order chi connectivity index (χ1) is 10.8. The van der Waals surface area contributed by atoms with Crippen LogP contribution in [0.15, 0.2) is 30.3 Å². The number of unbranched alkanes of at least 4 members (excludes halogenated alkanes) is 3. The van der Waals surface area contributed by atoms with Crippen LogP contribution in [0.2, 0.25) is 0 Å². The van der Waals surface area contributed by atoms with Crippen LogP contribution in [0.5, 0.6) is 11.5 Å². The van der Waals surface area contributed by atoms with E-state index < -0.39 is 0 Å². The van der Waals surface area contributed by atoms with Crippen LogP contribution in [0.4, 0.5) is 0 Å². The molecule has 22 heavy (non-hydrogen) atoms. The summed E-state index contributed by atoms with van der Waals surface area (Å²) in [6.45, 7) is 5.61. The van der Waals surface area contributed by atoms with E-state index in [9.17, 15) is 0 Å². The minimum Gasteiger partial charge on any atom is -0.494 e. The van der Waals surface area contributed by atoms with Crippen molar-refractivity contribution in [3.63, 3.8) is 0 Å². The molecule has 0 spiro atoms. The van der Waals surface area contributed by atoms with Gasteiger partial charge in [0.1, 0.15) is 11.5 Å². The third-order valence-electron chi connectivity index (χ3n) is 3.81. The monoisotopic (exact) mass is 364 g/mol. The van der Waals surface area contributed by atoms with Gasteiger partial charge < -0.3 is 9.47 Å². The number of hydrogen-bond donors (Lipinski definition) is 0. The van der Waals surface area contributed by atoms with Crippen molar-refractivity contribution in [2.24, 2.45) is 0 Å². The molecule has 0 bridgehead atoms. The Balaban J connectivity index is 1.97. The maximum atomic E-state index is 5.87. The molecule has 0 fully saturated rings. The third-order valence-corrected chi connectivity index (χ3v) is 4.37. The number of benzene rings is 2. The Labute approximate surface area is 141 Å². The molecule has 0 aliphatic carbocycles. The van der Waals surface area contributed by atoms with Crippen LogP contribution in [0, 0.1) is 6.92 Å². The third kappa shape index (κ3) is 4.64. The second-order valence-electron chi connectivity index (χ2n) is 5.46. The molecule has 2 aromatic carbocycles. The van der Waals surface area contributed by atoms with Crippen LogP contribution < -0.4 is 9.47 Å². The molecule has 0 aliphatic rings. The van der Waals surface area contributed by atoms with Gasteiger partial charge in [0, 0.05) is 5.33 Å². The molecule has 0 aliphatic heterocycles. The van der Waals surface area contributed by atoms with Gasteiger partial charge in [0.25, 0.3) is 0 Å². The van der Waals surface area contributed by atoms with Gasteiger partial charge in [0.15, 0.2) is 0 Å². The number of alkyl halides is 1. The van der Waals surface area contributed by atoms with Gasteiger partial charge in [-0.05, 0) is 61.2 Å². The summed E-state index contributed by atoms with van der Waals surface area (Å²) >= 11 is 3.46. The van der Waals surface area contributed by atoms with Crippen molar-refractivity contribution in [1.29, 1.82) is 0 Å².